The Kier molecular flexibility index (Phi) is 6.37. The number of carbonyl (C=O) groups excluding carboxylic acids is 2. The van der Waals surface area contributed by atoms with Crippen molar-refractivity contribution in [2.45, 2.75) is 19.1 Å². The second kappa shape index (κ2) is 8.99. The number of rotatable bonds is 7. The lowest BCUT2D eigenvalue weighted by Gasteiger charge is -2.15. The van der Waals surface area contributed by atoms with Crippen molar-refractivity contribution in [3.05, 3.63) is 52.1 Å². The molecule has 0 spiro atoms. The monoisotopic (exact) mass is 455 g/mol. The van der Waals surface area contributed by atoms with Crippen molar-refractivity contribution in [1.82, 2.24) is 0 Å². The number of alkyl halides is 3. The maximum Gasteiger partial charge on any atom is 0.416 e. The summed E-state index contributed by atoms with van der Waals surface area (Å²) in [4.78, 5) is 34.2. The van der Waals surface area contributed by atoms with Crippen molar-refractivity contribution in [1.29, 1.82) is 0 Å². The van der Waals surface area contributed by atoms with Crippen molar-refractivity contribution in [3.8, 4) is 11.5 Å². The number of anilines is 2. The number of fused-ring (bicyclic) bond motifs is 1. The molecule has 0 radical (unpaired) electrons. The molecule has 0 aromatic heterocycles. The van der Waals surface area contributed by atoms with E-state index in [1.54, 1.807) is 12.1 Å². The van der Waals surface area contributed by atoms with Gasteiger partial charge in [-0.1, -0.05) is 0 Å². The smallest absolute Gasteiger partial charge is 0.416 e. The van der Waals surface area contributed by atoms with E-state index in [1.807, 2.05) is 0 Å². The number of halogens is 3. The Morgan fingerprint density at radius 2 is 1.91 bits per heavy atom. The number of hydrogen-bond donors (Lipinski definition) is 2. The molecule has 0 fully saturated rings. The van der Waals surface area contributed by atoms with E-state index in [0.717, 1.165) is 6.07 Å². The number of hydrogen-bond acceptors (Lipinski definition) is 8. The van der Waals surface area contributed by atoms with E-state index in [0.29, 0.717) is 29.3 Å². The minimum absolute atomic E-state index is 0.0618. The molecule has 170 valence electrons. The van der Waals surface area contributed by atoms with Crippen molar-refractivity contribution < 1.29 is 41.9 Å². The molecule has 1 amide bonds. The van der Waals surface area contributed by atoms with Crippen LogP contribution >= 0.6 is 0 Å². The molecule has 2 aromatic carbocycles. The van der Waals surface area contributed by atoms with Crippen LogP contribution < -0.4 is 20.1 Å². The molecule has 0 saturated heterocycles. The average molecular weight is 455 g/mol. The predicted octanol–water partition coefficient (Wildman–Crippen LogP) is 3.32. The number of nitrogens with one attached hydrogen (secondary N) is 2. The quantitative estimate of drug-likeness (QED) is 0.370. The topological polar surface area (TPSA) is 129 Å². The summed E-state index contributed by atoms with van der Waals surface area (Å²) in [5.41, 5.74) is -2.00. The second-order valence-corrected chi connectivity index (χ2v) is 6.58. The van der Waals surface area contributed by atoms with Crippen molar-refractivity contribution in [2.75, 3.05) is 24.0 Å². The summed E-state index contributed by atoms with van der Waals surface area (Å²) in [6.45, 7) is 0.681. The number of nitro benzene ring substituents is 1. The highest BCUT2D eigenvalue weighted by molar-refractivity contribution is 5.93. The third-order valence-electron chi connectivity index (χ3n) is 4.25. The van der Waals surface area contributed by atoms with Gasteiger partial charge in [0.15, 0.2) is 18.1 Å². The number of nitro groups is 1. The van der Waals surface area contributed by atoms with Crippen LogP contribution in [0.2, 0.25) is 0 Å². The first-order chi connectivity index (χ1) is 15.0. The number of esters is 1. The molecule has 0 aliphatic carbocycles. The number of amides is 1. The molecule has 2 N–H and O–H groups in total. The summed E-state index contributed by atoms with van der Waals surface area (Å²) in [6.07, 6.45) is -4.76. The van der Waals surface area contributed by atoms with Crippen LogP contribution in [0.1, 0.15) is 12.5 Å². The molecule has 1 aliphatic rings. The predicted molar refractivity (Wildman–Crippen MR) is 103 cm³/mol. The molecule has 3 rings (SSSR count). The minimum atomic E-state index is -4.76. The van der Waals surface area contributed by atoms with Gasteiger partial charge >= 0.3 is 12.1 Å². The van der Waals surface area contributed by atoms with E-state index >= 15 is 0 Å². The van der Waals surface area contributed by atoms with Crippen molar-refractivity contribution in [2.24, 2.45) is 0 Å². The zero-order valence-corrected chi connectivity index (χ0v) is 16.4. The lowest BCUT2D eigenvalue weighted by atomic mass is 10.1. The molecule has 1 aliphatic heterocycles. The molecular formula is C19H16F3N3O7. The number of nitrogens with zero attached hydrogens (tertiary/aromatic N) is 1. The average Bonchev–Trinajstić information content (AvgIpc) is 3.19. The first-order valence-electron chi connectivity index (χ1n) is 9.03. The Morgan fingerprint density at radius 3 is 2.59 bits per heavy atom. The molecule has 1 heterocycles. The van der Waals surface area contributed by atoms with Crippen LogP contribution in [-0.2, 0) is 20.5 Å². The van der Waals surface area contributed by atoms with Gasteiger partial charge in [-0.05, 0) is 31.2 Å². The molecule has 13 heteroatoms. The lowest BCUT2D eigenvalue weighted by Crippen LogP contribution is -2.31. The third kappa shape index (κ3) is 5.36. The van der Waals surface area contributed by atoms with E-state index in [2.05, 4.69) is 10.6 Å². The normalized spacial score (nSPS) is 13.2. The maximum atomic E-state index is 12.8. The van der Waals surface area contributed by atoms with Crippen LogP contribution in [0.5, 0.6) is 11.5 Å². The number of benzene rings is 2. The highest BCUT2D eigenvalue weighted by atomic mass is 19.4. The van der Waals surface area contributed by atoms with E-state index in [4.69, 9.17) is 14.2 Å². The molecule has 10 nitrogen and oxygen atoms in total. The summed E-state index contributed by atoms with van der Waals surface area (Å²) in [5, 5.41) is 16.0. The van der Waals surface area contributed by atoms with E-state index in [1.165, 1.54) is 13.0 Å². The Balaban J connectivity index is 1.56. The third-order valence-corrected chi connectivity index (χ3v) is 4.25. The van der Waals surface area contributed by atoms with E-state index < -0.39 is 46.9 Å². The van der Waals surface area contributed by atoms with E-state index in [9.17, 15) is 32.9 Å². The molecular weight excluding hydrogens is 439 g/mol. The van der Waals surface area contributed by atoms with Crippen LogP contribution in [-0.4, -0.2) is 36.2 Å². The van der Waals surface area contributed by atoms with Crippen LogP contribution in [0.4, 0.5) is 30.2 Å². The Labute approximate surface area is 178 Å². The fourth-order valence-corrected chi connectivity index (χ4v) is 2.71. The van der Waals surface area contributed by atoms with E-state index in [-0.39, 0.29) is 12.5 Å². The fraction of sp³-hybridized carbons (Fsp3) is 0.263. The van der Waals surface area contributed by atoms with Crippen LogP contribution in [0.3, 0.4) is 0 Å². The fourth-order valence-electron chi connectivity index (χ4n) is 2.71. The first kappa shape index (κ1) is 22.7. The zero-order valence-electron chi connectivity index (χ0n) is 16.4. The van der Waals surface area contributed by atoms with Gasteiger partial charge < -0.3 is 24.8 Å². The lowest BCUT2D eigenvalue weighted by molar-refractivity contribution is -0.384. The molecule has 0 bridgehead atoms. The molecule has 2 aromatic rings. The molecule has 0 saturated carbocycles. The van der Waals surface area contributed by atoms with Gasteiger partial charge in [-0.2, -0.15) is 13.2 Å². The summed E-state index contributed by atoms with van der Waals surface area (Å²) in [5.74, 6) is -0.646. The first-order valence-corrected chi connectivity index (χ1v) is 9.03. The van der Waals surface area contributed by atoms with Gasteiger partial charge in [0.2, 0.25) is 6.79 Å². The van der Waals surface area contributed by atoms with Gasteiger partial charge in [-0.25, -0.2) is 4.79 Å². The van der Waals surface area contributed by atoms with Crippen molar-refractivity contribution in [3.63, 3.8) is 0 Å². The van der Waals surface area contributed by atoms with Crippen LogP contribution in [0.15, 0.2) is 36.4 Å². The van der Waals surface area contributed by atoms with Gasteiger partial charge in [0.25, 0.3) is 11.6 Å². The van der Waals surface area contributed by atoms with Crippen LogP contribution in [0, 0.1) is 10.1 Å². The number of carbonyl (C=O) groups is 2. The molecule has 0 unspecified atom stereocenters. The Hall–Kier alpha value is -4.03. The standard InChI is InChI=1S/C19H16F3N3O7/c1-10(23-13-4-2-11(19(20,21)22)6-14(13)25(28)29)18(27)30-8-17(26)24-12-3-5-15-16(7-12)32-9-31-15/h2-7,10,23H,8-9H2,1H3,(H,24,26)/t10-/m0/s1. The minimum Gasteiger partial charge on any atom is -0.454 e. The van der Waals surface area contributed by atoms with Crippen LogP contribution in [0.25, 0.3) is 0 Å². The summed E-state index contributed by atoms with van der Waals surface area (Å²) >= 11 is 0. The van der Waals surface area contributed by atoms with Gasteiger partial charge in [0, 0.05) is 17.8 Å². The Morgan fingerprint density at radius 1 is 1.19 bits per heavy atom. The summed E-state index contributed by atoms with van der Waals surface area (Å²) < 4.78 is 53.5. The second-order valence-electron chi connectivity index (χ2n) is 6.58. The van der Waals surface area contributed by atoms with Gasteiger partial charge in [-0.3, -0.25) is 14.9 Å². The number of ether oxygens (including phenoxy) is 3. The highest BCUT2D eigenvalue weighted by Gasteiger charge is 2.33. The van der Waals surface area contributed by atoms with Crippen molar-refractivity contribution >= 4 is 28.9 Å². The summed E-state index contributed by atoms with van der Waals surface area (Å²) in [7, 11) is 0. The van der Waals surface area contributed by atoms with Gasteiger partial charge in [-0.15, -0.1) is 0 Å². The summed E-state index contributed by atoms with van der Waals surface area (Å²) in [6, 6.07) is 5.33. The maximum absolute atomic E-state index is 12.8. The zero-order chi connectivity index (χ0) is 23.5. The molecule has 32 heavy (non-hydrogen) atoms. The van der Waals surface area contributed by atoms with Gasteiger partial charge in [0.05, 0.1) is 10.5 Å². The Bertz CT molecular complexity index is 1060. The SMILES string of the molecule is C[C@H](Nc1ccc(C(F)(F)F)cc1[N+](=O)[O-])C(=O)OCC(=O)Nc1ccc2c(c1)OCO2. The highest BCUT2D eigenvalue weighted by Crippen LogP contribution is 2.35. The van der Waals surface area contributed by atoms with Gasteiger partial charge in [0.1, 0.15) is 11.7 Å². The largest absolute Gasteiger partial charge is 0.454 e. The molecule has 1 atom stereocenters.